The van der Waals surface area contributed by atoms with Crippen LogP contribution in [0.1, 0.15) is 231 Å². The van der Waals surface area contributed by atoms with Crippen molar-refractivity contribution in [3.63, 3.8) is 0 Å². The van der Waals surface area contributed by atoms with E-state index in [0.29, 0.717) is 35.5 Å². The van der Waals surface area contributed by atoms with Crippen molar-refractivity contribution in [2.45, 2.75) is 267 Å². The number of hydrogen-bond donors (Lipinski definition) is 6. The van der Waals surface area contributed by atoms with Gasteiger partial charge in [0.05, 0.1) is 72.7 Å². The molecule has 0 radical (unpaired) electrons. The van der Waals surface area contributed by atoms with Crippen LogP contribution in [-0.4, -0.2) is 174 Å². The SMILES string of the molecule is N#CC(NCCCN(CCCNC(C#N)C1CCCCC1)CCN(CCN(CCCNC(C#N)C1CCCCC1)CCCNC(C#N)C1CCCCC1)CCN(CCCNC(C#N)C1CCCCC1)CCCNC(C#N)C1CCCCC1)C1CCCCC1. The summed E-state index contributed by atoms with van der Waals surface area (Å²) in [5, 5.41) is 83.7. The van der Waals surface area contributed by atoms with Gasteiger partial charge in [-0.2, -0.15) is 31.6 Å². The molecular weight excluding hydrogens is 1090 g/mol. The Kier molecular flexibility index (Phi) is 39.0. The average Bonchev–Trinajstić information content (AvgIpc) is 3.61. The molecule has 16 heteroatoms. The summed E-state index contributed by atoms with van der Waals surface area (Å²) >= 11 is 0. The van der Waals surface area contributed by atoms with E-state index in [2.05, 4.69) is 87.9 Å². The van der Waals surface area contributed by atoms with E-state index in [-0.39, 0.29) is 36.3 Å². The van der Waals surface area contributed by atoms with E-state index in [1.54, 1.807) is 0 Å². The second-order valence-corrected chi connectivity index (χ2v) is 28.2. The molecule has 0 aromatic heterocycles. The predicted octanol–water partition coefficient (Wildman–Crippen LogP) is 10.9. The summed E-state index contributed by atoms with van der Waals surface area (Å²) in [5.41, 5.74) is 0. The van der Waals surface area contributed by atoms with Crippen LogP contribution in [0, 0.1) is 103 Å². The smallest absolute Gasteiger partial charge is 0.0981 e. The van der Waals surface area contributed by atoms with Crippen molar-refractivity contribution in [1.82, 2.24) is 51.5 Å². The summed E-state index contributed by atoms with van der Waals surface area (Å²) in [7, 11) is 0. The summed E-state index contributed by atoms with van der Waals surface area (Å²) < 4.78 is 0. The molecule has 16 nitrogen and oxygen atoms in total. The van der Waals surface area contributed by atoms with E-state index in [1.807, 2.05) is 0 Å². The third-order valence-electron chi connectivity index (χ3n) is 21.9. The fourth-order valence-corrected chi connectivity index (χ4v) is 16.3. The molecule has 6 aliphatic rings. The molecule has 6 saturated carbocycles. The third kappa shape index (κ3) is 29.0. The standard InChI is InChI=1S/C72H126N16/c73-55-67(61-25-7-1-8-26-61)79-37-19-43-85(44-20-38-80-68(56-74)62-27-9-2-10-28-62)49-52-88(53-50-86(45-21-39-81-69(57-75)63-29-11-3-12-30-63)46-22-40-82-70(58-76)64-31-13-4-14-32-64)54-51-87(47-23-41-83-71(59-77)65-33-15-5-16-34-65)48-24-42-84-72(60-78)66-35-17-6-18-36-66/h61-72,79-84H,1-54H2. The lowest BCUT2D eigenvalue weighted by molar-refractivity contribution is 0.150. The number of rotatable bonds is 45. The maximum absolute atomic E-state index is 10.3. The summed E-state index contributed by atoms with van der Waals surface area (Å²) in [4.78, 5) is 10.7. The van der Waals surface area contributed by atoms with Crippen molar-refractivity contribution in [2.75, 3.05) is 118 Å². The Morgan fingerprint density at radius 3 is 0.489 bits per heavy atom. The quantitative estimate of drug-likeness (QED) is 0.0312. The Labute approximate surface area is 537 Å². The average molecular weight is 1220 g/mol. The molecule has 0 saturated heterocycles. The largest absolute Gasteiger partial charge is 0.302 e. The minimum absolute atomic E-state index is 0.0798. The van der Waals surface area contributed by atoms with Crippen molar-refractivity contribution in [3.05, 3.63) is 0 Å². The Morgan fingerprint density at radius 1 is 0.216 bits per heavy atom. The van der Waals surface area contributed by atoms with E-state index >= 15 is 0 Å². The number of nitrogens with one attached hydrogen (secondary N) is 6. The Hall–Kier alpha value is -3.46. The first-order valence-corrected chi connectivity index (χ1v) is 37.1. The van der Waals surface area contributed by atoms with Crippen molar-refractivity contribution in [3.8, 4) is 36.4 Å². The van der Waals surface area contributed by atoms with Gasteiger partial charge in [-0.3, -0.25) is 4.90 Å². The fourth-order valence-electron chi connectivity index (χ4n) is 16.3. The van der Waals surface area contributed by atoms with Gasteiger partial charge < -0.3 is 46.6 Å². The molecule has 6 atom stereocenters. The first-order chi connectivity index (χ1) is 43.4. The van der Waals surface area contributed by atoms with Gasteiger partial charge in [-0.1, -0.05) is 116 Å². The monoisotopic (exact) mass is 1220 g/mol. The molecule has 0 aliphatic heterocycles. The molecule has 6 unspecified atom stereocenters. The summed E-state index contributed by atoms with van der Waals surface area (Å²) in [6.45, 7) is 16.4. The maximum Gasteiger partial charge on any atom is 0.0981 e. The highest BCUT2D eigenvalue weighted by Crippen LogP contribution is 2.31. The highest BCUT2D eigenvalue weighted by Gasteiger charge is 2.29. The number of nitriles is 6. The zero-order chi connectivity index (χ0) is 61.9. The molecule has 0 aromatic rings. The summed E-state index contributed by atoms with van der Waals surface area (Å²) in [6, 6.07) is 15.4. The van der Waals surface area contributed by atoms with Crippen molar-refractivity contribution >= 4 is 0 Å². The molecule has 0 bridgehead atoms. The topological polar surface area (TPSA) is 228 Å². The van der Waals surface area contributed by atoms with Crippen LogP contribution in [0.25, 0.3) is 0 Å². The van der Waals surface area contributed by atoms with Gasteiger partial charge in [0.2, 0.25) is 0 Å². The van der Waals surface area contributed by atoms with Crippen LogP contribution in [0.15, 0.2) is 0 Å². The molecule has 6 N–H and O–H groups in total. The van der Waals surface area contributed by atoms with Crippen LogP contribution in [-0.2, 0) is 0 Å². The molecule has 0 spiro atoms. The lowest BCUT2D eigenvalue weighted by Gasteiger charge is -2.33. The van der Waals surface area contributed by atoms with Gasteiger partial charge in [0, 0.05) is 39.3 Å². The third-order valence-corrected chi connectivity index (χ3v) is 21.9. The van der Waals surface area contributed by atoms with Crippen molar-refractivity contribution < 1.29 is 0 Å². The van der Waals surface area contributed by atoms with E-state index in [4.69, 9.17) is 0 Å². The molecule has 88 heavy (non-hydrogen) atoms. The second-order valence-electron chi connectivity index (χ2n) is 28.2. The van der Waals surface area contributed by atoms with Crippen LogP contribution in [0.3, 0.4) is 0 Å². The highest BCUT2D eigenvalue weighted by atomic mass is 15.2. The molecule has 494 valence electrons. The summed E-state index contributed by atoms with van der Waals surface area (Å²) in [6.07, 6.45) is 42.1. The second kappa shape index (κ2) is 46.6. The Morgan fingerprint density at radius 2 is 0.352 bits per heavy atom. The summed E-state index contributed by atoms with van der Waals surface area (Å²) in [5.74, 6) is 2.69. The van der Waals surface area contributed by atoms with Gasteiger partial charge in [0.25, 0.3) is 0 Å². The van der Waals surface area contributed by atoms with E-state index in [9.17, 15) is 31.6 Å². The van der Waals surface area contributed by atoms with E-state index < -0.39 is 0 Å². The van der Waals surface area contributed by atoms with E-state index in [1.165, 1.54) is 116 Å². The molecular formula is C72H126N16. The molecule has 0 amide bonds. The molecule has 6 rings (SSSR count). The van der Waals surface area contributed by atoms with Gasteiger partial charge in [0.1, 0.15) is 0 Å². The Balaban J connectivity index is 1.16. The maximum atomic E-state index is 10.3. The zero-order valence-electron chi connectivity index (χ0n) is 55.6. The van der Waals surface area contributed by atoms with Crippen molar-refractivity contribution in [2.24, 2.45) is 35.5 Å². The fraction of sp³-hybridized carbons (Fsp3) is 0.917. The minimum atomic E-state index is -0.0798. The first-order valence-electron chi connectivity index (χ1n) is 37.1. The van der Waals surface area contributed by atoms with E-state index in [0.717, 1.165) is 233 Å². The lowest BCUT2D eigenvalue weighted by atomic mass is 9.84. The van der Waals surface area contributed by atoms with Crippen LogP contribution in [0.5, 0.6) is 0 Å². The van der Waals surface area contributed by atoms with Gasteiger partial charge in [-0.15, -0.1) is 0 Å². The molecule has 0 heterocycles. The zero-order valence-corrected chi connectivity index (χ0v) is 55.6. The highest BCUT2D eigenvalue weighted by molar-refractivity contribution is 5.00. The van der Waals surface area contributed by atoms with Gasteiger partial charge >= 0.3 is 0 Å². The Bertz CT molecular complexity index is 1670. The van der Waals surface area contributed by atoms with Crippen LogP contribution >= 0.6 is 0 Å². The predicted molar refractivity (Wildman–Crippen MR) is 357 cm³/mol. The molecule has 0 aromatic carbocycles. The number of nitrogens with zero attached hydrogens (tertiary/aromatic N) is 10. The van der Waals surface area contributed by atoms with Crippen LogP contribution in [0.2, 0.25) is 0 Å². The van der Waals surface area contributed by atoms with Gasteiger partial charge in [0.15, 0.2) is 0 Å². The van der Waals surface area contributed by atoms with Gasteiger partial charge in [-0.05, 0) is 230 Å². The molecule has 6 aliphatic carbocycles. The van der Waals surface area contributed by atoms with Crippen LogP contribution in [0.4, 0.5) is 0 Å². The first kappa shape index (κ1) is 73.6. The van der Waals surface area contributed by atoms with Gasteiger partial charge in [-0.25, -0.2) is 0 Å². The van der Waals surface area contributed by atoms with Crippen molar-refractivity contribution in [1.29, 1.82) is 31.6 Å². The lowest BCUT2D eigenvalue weighted by Crippen LogP contribution is -2.45. The molecule has 6 fully saturated rings. The number of hydrogen-bond acceptors (Lipinski definition) is 16. The van der Waals surface area contributed by atoms with Crippen LogP contribution < -0.4 is 31.9 Å². The normalized spacial score (nSPS) is 21.2. The minimum Gasteiger partial charge on any atom is -0.302 e.